The number of thioether (sulfide) groups is 1. The number of hydrogen-bond donors (Lipinski definition) is 1. The van der Waals surface area contributed by atoms with Crippen LogP contribution >= 0.6 is 24.2 Å². The van der Waals surface area contributed by atoms with E-state index in [2.05, 4.69) is 0 Å². The Bertz CT molecular complexity index is 265. The van der Waals surface area contributed by atoms with E-state index in [1.54, 1.807) is 0 Å². The zero-order valence-electron chi connectivity index (χ0n) is 9.37. The van der Waals surface area contributed by atoms with Crippen molar-refractivity contribution in [2.24, 2.45) is 11.7 Å². The fraction of sp³-hybridized carbons (Fsp3) is 0.889. The molecule has 0 spiro atoms. The van der Waals surface area contributed by atoms with Gasteiger partial charge in [0, 0.05) is 12.6 Å². The molecule has 2 N–H and O–H groups in total. The van der Waals surface area contributed by atoms with Crippen molar-refractivity contribution in [3.8, 4) is 0 Å². The van der Waals surface area contributed by atoms with Crippen LogP contribution in [0.4, 0.5) is 13.2 Å². The van der Waals surface area contributed by atoms with Gasteiger partial charge in [-0.2, -0.15) is 13.2 Å². The molecule has 1 amide bonds. The molecule has 0 aromatic heterocycles. The van der Waals surface area contributed by atoms with Crippen molar-refractivity contribution in [1.82, 2.24) is 4.90 Å². The van der Waals surface area contributed by atoms with Crippen molar-refractivity contribution < 1.29 is 18.0 Å². The number of nitrogens with zero attached hydrogens (tertiary/aromatic N) is 1. The van der Waals surface area contributed by atoms with Gasteiger partial charge in [-0.1, -0.05) is 0 Å². The second-order valence-corrected chi connectivity index (χ2v) is 5.01. The summed E-state index contributed by atoms with van der Waals surface area (Å²) in [4.78, 5) is 13.0. The Hall–Kier alpha value is -0.140. The molecule has 0 aromatic carbocycles. The summed E-state index contributed by atoms with van der Waals surface area (Å²) in [7, 11) is 0. The van der Waals surface area contributed by atoms with Gasteiger partial charge < -0.3 is 10.6 Å². The Morgan fingerprint density at radius 2 is 2.12 bits per heavy atom. The summed E-state index contributed by atoms with van der Waals surface area (Å²) in [5, 5.41) is 0. The third-order valence-electron chi connectivity index (χ3n) is 2.67. The maximum Gasteiger partial charge on any atom is 0.442 e. The molecule has 2 unspecified atom stereocenters. The number of hydrogen-bond acceptors (Lipinski definition) is 3. The van der Waals surface area contributed by atoms with Gasteiger partial charge >= 0.3 is 5.51 Å². The van der Waals surface area contributed by atoms with E-state index in [-0.39, 0.29) is 36.1 Å². The minimum absolute atomic E-state index is 0. The molecule has 1 heterocycles. The summed E-state index contributed by atoms with van der Waals surface area (Å²) in [5.74, 6) is -0.772. The predicted octanol–water partition coefficient (Wildman–Crippen LogP) is 1.86. The minimum Gasteiger partial charge on any atom is -0.339 e. The van der Waals surface area contributed by atoms with Gasteiger partial charge in [-0.25, -0.2) is 0 Å². The van der Waals surface area contributed by atoms with E-state index < -0.39 is 17.2 Å². The molecule has 0 radical (unpaired) electrons. The highest BCUT2D eigenvalue weighted by atomic mass is 35.5. The largest absolute Gasteiger partial charge is 0.442 e. The van der Waals surface area contributed by atoms with Crippen LogP contribution in [0.5, 0.6) is 0 Å². The molecule has 1 fully saturated rings. The second-order valence-electron chi connectivity index (χ2n) is 3.97. The van der Waals surface area contributed by atoms with Gasteiger partial charge in [-0.05, 0) is 37.6 Å². The normalized spacial score (nSPS) is 24.6. The summed E-state index contributed by atoms with van der Waals surface area (Å²) in [5.41, 5.74) is 1.14. The van der Waals surface area contributed by atoms with Crippen LogP contribution in [-0.4, -0.2) is 41.2 Å². The lowest BCUT2D eigenvalue weighted by atomic mass is 10.1. The molecule has 3 nitrogen and oxygen atoms in total. The highest BCUT2D eigenvalue weighted by Gasteiger charge is 2.34. The van der Waals surface area contributed by atoms with E-state index >= 15 is 0 Å². The highest BCUT2D eigenvalue weighted by molar-refractivity contribution is 8.00. The molecule has 1 saturated heterocycles. The monoisotopic (exact) mass is 292 g/mol. The molecule has 8 heteroatoms. The maximum atomic E-state index is 11.9. The number of halogens is 4. The zero-order valence-corrected chi connectivity index (χ0v) is 11.0. The number of amides is 1. The van der Waals surface area contributed by atoms with Crippen molar-refractivity contribution in [2.45, 2.75) is 24.9 Å². The second kappa shape index (κ2) is 6.70. The molecule has 0 aromatic rings. The smallest absolute Gasteiger partial charge is 0.339 e. The van der Waals surface area contributed by atoms with Gasteiger partial charge in [0.1, 0.15) is 0 Å². The number of alkyl halides is 3. The van der Waals surface area contributed by atoms with E-state index in [1.807, 2.05) is 6.92 Å². The lowest BCUT2D eigenvalue weighted by molar-refractivity contribution is -0.129. The van der Waals surface area contributed by atoms with Gasteiger partial charge in [0.05, 0.1) is 5.75 Å². The number of likely N-dealkylation sites (tertiary alicyclic amines) is 1. The summed E-state index contributed by atoms with van der Waals surface area (Å²) in [6, 6.07) is -0.00474. The minimum atomic E-state index is -4.34. The van der Waals surface area contributed by atoms with Crippen molar-refractivity contribution >= 4 is 30.1 Å². The van der Waals surface area contributed by atoms with Crippen LogP contribution in [0.1, 0.15) is 13.3 Å². The number of rotatable bonds is 3. The Morgan fingerprint density at radius 3 is 2.53 bits per heavy atom. The number of carbonyl (C=O) groups excluding carboxylic acids is 1. The molecule has 1 aliphatic heterocycles. The van der Waals surface area contributed by atoms with Crippen LogP contribution < -0.4 is 5.73 Å². The van der Waals surface area contributed by atoms with E-state index in [9.17, 15) is 18.0 Å². The maximum absolute atomic E-state index is 11.9. The SMILES string of the molecule is CC1CC(CN)CN1C(=O)CSC(F)(F)F.Cl. The molecular weight excluding hydrogens is 277 g/mol. The number of nitrogens with two attached hydrogens (primary N) is 1. The first-order valence-corrected chi connectivity index (χ1v) is 6.02. The Balaban J connectivity index is 0.00000256. The average Bonchev–Trinajstić information content (AvgIpc) is 2.55. The van der Waals surface area contributed by atoms with Crippen LogP contribution in [-0.2, 0) is 4.79 Å². The Morgan fingerprint density at radius 1 is 1.53 bits per heavy atom. The van der Waals surface area contributed by atoms with E-state index in [0.29, 0.717) is 13.1 Å². The van der Waals surface area contributed by atoms with Gasteiger partial charge in [0.25, 0.3) is 0 Å². The van der Waals surface area contributed by atoms with Crippen LogP contribution in [0.2, 0.25) is 0 Å². The van der Waals surface area contributed by atoms with Crippen molar-refractivity contribution in [3.63, 3.8) is 0 Å². The average molecular weight is 293 g/mol. The third kappa shape index (κ3) is 5.35. The molecule has 0 saturated carbocycles. The topological polar surface area (TPSA) is 46.3 Å². The molecular formula is C9H16ClF3N2OS. The van der Waals surface area contributed by atoms with Crippen LogP contribution in [0.15, 0.2) is 0 Å². The van der Waals surface area contributed by atoms with Gasteiger partial charge in [-0.3, -0.25) is 4.79 Å². The molecule has 1 aliphatic rings. The van der Waals surface area contributed by atoms with Crippen molar-refractivity contribution in [2.75, 3.05) is 18.8 Å². The lowest BCUT2D eigenvalue weighted by Gasteiger charge is -2.21. The van der Waals surface area contributed by atoms with Crippen LogP contribution in [0.3, 0.4) is 0 Å². The van der Waals surface area contributed by atoms with Gasteiger partial charge in [-0.15, -0.1) is 12.4 Å². The van der Waals surface area contributed by atoms with Crippen LogP contribution in [0.25, 0.3) is 0 Å². The number of carbonyl (C=O) groups is 1. The third-order valence-corrected chi connectivity index (χ3v) is 3.39. The summed E-state index contributed by atoms with van der Waals surface area (Å²) in [6.07, 6.45) is 0.777. The standard InChI is InChI=1S/C9H15F3N2OS.ClH/c1-6-2-7(3-13)4-14(6)8(15)5-16-9(10,11)12;/h6-7H,2-5,13H2,1H3;1H. The zero-order chi connectivity index (χ0) is 12.3. The van der Waals surface area contributed by atoms with E-state index in [1.165, 1.54) is 4.90 Å². The molecule has 1 rings (SSSR count). The van der Waals surface area contributed by atoms with Gasteiger partial charge in [0.2, 0.25) is 5.91 Å². The summed E-state index contributed by atoms with van der Waals surface area (Å²) in [6.45, 7) is 2.79. The first-order valence-electron chi connectivity index (χ1n) is 5.03. The summed E-state index contributed by atoms with van der Waals surface area (Å²) < 4.78 is 35.7. The Labute approximate surface area is 109 Å². The molecule has 102 valence electrons. The molecule has 0 bridgehead atoms. The molecule has 17 heavy (non-hydrogen) atoms. The van der Waals surface area contributed by atoms with Gasteiger partial charge in [0.15, 0.2) is 0 Å². The molecule has 2 atom stereocenters. The fourth-order valence-electron chi connectivity index (χ4n) is 1.89. The molecule has 0 aliphatic carbocycles. The first-order chi connectivity index (χ1) is 7.33. The van der Waals surface area contributed by atoms with E-state index in [0.717, 1.165) is 6.42 Å². The summed E-state index contributed by atoms with van der Waals surface area (Å²) >= 11 is -0.283. The highest BCUT2D eigenvalue weighted by Crippen LogP contribution is 2.31. The Kier molecular flexibility index (Phi) is 6.65. The van der Waals surface area contributed by atoms with Crippen LogP contribution in [0, 0.1) is 5.92 Å². The van der Waals surface area contributed by atoms with E-state index in [4.69, 9.17) is 5.73 Å². The fourth-order valence-corrected chi connectivity index (χ4v) is 2.34. The van der Waals surface area contributed by atoms with Crippen molar-refractivity contribution in [3.05, 3.63) is 0 Å². The van der Waals surface area contributed by atoms with Crippen molar-refractivity contribution in [1.29, 1.82) is 0 Å². The predicted molar refractivity (Wildman–Crippen MR) is 64.1 cm³/mol. The first kappa shape index (κ1) is 16.9. The quantitative estimate of drug-likeness (QED) is 0.864. The lowest BCUT2D eigenvalue weighted by Crippen LogP contribution is -2.36.